The summed E-state index contributed by atoms with van der Waals surface area (Å²) < 4.78 is 14.1. The van der Waals surface area contributed by atoms with Gasteiger partial charge in [0.25, 0.3) is 0 Å². The van der Waals surface area contributed by atoms with Crippen molar-refractivity contribution in [1.82, 2.24) is 0 Å². The van der Waals surface area contributed by atoms with Crippen LogP contribution in [0.15, 0.2) is 13.8 Å². The summed E-state index contributed by atoms with van der Waals surface area (Å²) in [6, 6.07) is 0. The van der Waals surface area contributed by atoms with Gasteiger partial charge in [-0.3, -0.25) is 0 Å². The summed E-state index contributed by atoms with van der Waals surface area (Å²) in [6.45, 7) is 0. The van der Waals surface area contributed by atoms with Crippen LogP contribution in [-0.4, -0.2) is 39.2 Å². The highest BCUT2D eigenvalue weighted by Crippen LogP contribution is 2.38. The van der Waals surface area contributed by atoms with Gasteiger partial charge in [-0.25, -0.2) is 14.4 Å². The zero-order valence-corrected chi connectivity index (χ0v) is 15.2. The van der Waals surface area contributed by atoms with Crippen molar-refractivity contribution in [3.05, 3.63) is 25.6 Å². The van der Waals surface area contributed by atoms with Crippen LogP contribution in [0.25, 0.3) is 0 Å². The van der Waals surface area contributed by atoms with Gasteiger partial charge in [0.15, 0.2) is 0 Å². The molecule has 0 aromatic heterocycles. The first-order chi connectivity index (χ1) is 9.81. The number of thiol groups is 1. The van der Waals surface area contributed by atoms with Crippen LogP contribution in [0.1, 0.15) is 31.1 Å². The van der Waals surface area contributed by atoms with Crippen molar-refractivity contribution in [3.8, 4) is 0 Å². The maximum Gasteiger partial charge on any atom is 0.340 e. The fourth-order valence-electron chi connectivity index (χ4n) is 1.54. The third kappa shape index (κ3) is 3.24. The molecule has 0 amide bonds. The molecule has 9 heteroatoms. The minimum absolute atomic E-state index is 0.0140. The van der Waals surface area contributed by atoms with Crippen molar-refractivity contribution in [1.29, 1.82) is 0 Å². The van der Waals surface area contributed by atoms with Gasteiger partial charge in [0.2, 0.25) is 0 Å². The smallest absolute Gasteiger partial charge is 0.340 e. The van der Waals surface area contributed by atoms with Gasteiger partial charge < -0.3 is 14.2 Å². The number of rotatable bonds is 3. The maximum atomic E-state index is 11.9. The zero-order valence-electron chi connectivity index (χ0n) is 11.2. The summed E-state index contributed by atoms with van der Waals surface area (Å²) in [5.74, 6) is -2.29. The minimum Gasteiger partial charge on any atom is -0.465 e. The van der Waals surface area contributed by atoms with E-state index in [4.69, 9.17) is 0 Å². The topological polar surface area (TPSA) is 78.9 Å². The quantitative estimate of drug-likeness (QED) is 0.441. The molecular formula is C12H10Br2O6S. The van der Waals surface area contributed by atoms with E-state index in [1.807, 2.05) is 0 Å². The molecule has 21 heavy (non-hydrogen) atoms. The molecule has 0 fully saturated rings. The van der Waals surface area contributed by atoms with E-state index in [1.165, 1.54) is 21.3 Å². The molecule has 6 nitrogen and oxygen atoms in total. The van der Waals surface area contributed by atoms with Crippen molar-refractivity contribution in [2.45, 2.75) is 4.90 Å². The summed E-state index contributed by atoms with van der Waals surface area (Å²) in [5.41, 5.74) is -0.203. The molecule has 1 aromatic carbocycles. The number of ether oxygens (including phenoxy) is 3. The Kier molecular flexibility index (Phi) is 6.24. The van der Waals surface area contributed by atoms with Crippen LogP contribution in [0.5, 0.6) is 0 Å². The summed E-state index contributed by atoms with van der Waals surface area (Å²) in [7, 11) is 3.50. The standard InChI is InChI=1S/C12H10Br2O6S/c1-18-10(15)4-7(13)5(11(16)19-2)9(21)6(8(4)14)12(17)20-3/h21H,1-3H3. The molecule has 0 aliphatic carbocycles. The monoisotopic (exact) mass is 440 g/mol. The highest BCUT2D eigenvalue weighted by Gasteiger charge is 2.31. The van der Waals surface area contributed by atoms with Crippen molar-refractivity contribution in [2.24, 2.45) is 0 Å². The first-order valence-electron chi connectivity index (χ1n) is 5.30. The second-order valence-corrected chi connectivity index (χ2v) is 5.61. The fourth-order valence-corrected chi connectivity index (χ4v) is 3.96. The van der Waals surface area contributed by atoms with E-state index in [1.54, 1.807) is 0 Å². The summed E-state index contributed by atoms with van der Waals surface area (Å²) in [4.78, 5) is 35.6. The molecule has 0 atom stereocenters. The molecule has 0 bridgehead atoms. The Balaban J connectivity index is 3.87. The Morgan fingerprint density at radius 3 is 1.33 bits per heavy atom. The van der Waals surface area contributed by atoms with Crippen LogP contribution in [0.2, 0.25) is 0 Å². The molecule has 0 saturated heterocycles. The van der Waals surface area contributed by atoms with Crippen LogP contribution in [-0.2, 0) is 14.2 Å². The van der Waals surface area contributed by atoms with Crippen molar-refractivity contribution < 1.29 is 28.6 Å². The second-order valence-electron chi connectivity index (χ2n) is 3.58. The number of methoxy groups -OCH3 is 3. The lowest BCUT2D eigenvalue weighted by molar-refractivity contribution is 0.0588. The van der Waals surface area contributed by atoms with E-state index in [0.717, 1.165) is 0 Å². The van der Waals surface area contributed by atoms with Crippen LogP contribution in [0.4, 0.5) is 0 Å². The number of hydrogen-bond donors (Lipinski definition) is 1. The molecule has 0 saturated carbocycles. The van der Waals surface area contributed by atoms with Crippen LogP contribution in [0.3, 0.4) is 0 Å². The SMILES string of the molecule is COC(=O)c1c(S)c(C(=O)OC)c(Br)c(C(=O)OC)c1Br. The van der Waals surface area contributed by atoms with E-state index < -0.39 is 17.9 Å². The van der Waals surface area contributed by atoms with Gasteiger partial charge in [0.05, 0.1) is 38.0 Å². The van der Waals surface area contributed by atoms with E-state index in [-0.39, 0.29) is 30.5 Å². The molecule has 1 rings (SSSR count). The first-order valence-corrected chi connectivity index (χ1v) is 7.33. The fraction of sp³-hybridized carbons (Fsp3) is 0.250. The Bertz CT molecular complexity index is 522. The normalized spacial score (nSPS) is 10.0. The van der Waals surface area contributed by atoms with E-state index in [9.17, 15) is 14.4 Å². The van der Waals surface area contributed by atoms with Gasteiger partial charge in [-0.05, 0) is 31.9 Å². The number of esters is 3. The van der Waals surface area contributed by atoms with Crippen LogP contribution < -0.4 is 0 Å². The highest BCUT2D eigenvalue weighted by atomic mass is 79.9. The predicted molar refractivity (Wildman–Crippen MR) is 83.1 cm³/mol. The number of hydrogen-bond acceptors (Lipinski definition) is 7. The van der Waals surface area contributed by atoms with Crippen LogP contribution >= 0.6 is 44.5 Å². The average molecular weight is 442 g/mol. The summed E-state index contributed by atoms with van der Waals surface area (Å²) >= 11 is 10.4. The molecule has 0 aliphatic heterocycles. The van der Waals surface area contributed by atoms with Crippen molar-refractivity contribution in [2.75, 3.05) is 21.3 Å². The van der Waals surface area contributed by atoms with E-state index in [0.29, 0.717) is 0 Å². The van der Waals surface area contributed by atoms with Gasteiger partial charge in [-0.15, -0.1) is 12.6 Å². The average Bonchev–Trinajstić information content (AvgIpc) is 2.46. The minimum atomic E-state index is -0.769. The molecule has 1 aromatic rings. The van der Waals surface area contributed by atoms with Gasteiger partial charge >= 0.3 is 17.9 Å². The summed E-state index contributed by atoms with van der Waals surface area (Å²) in [5, 5.41) is 0. The van der Waals surface area contributed by atoms with Gasteiger partial charge in [0, 0.05) is 13.8 Å². The molecule has 0 radical (unpaired) electrons. The largest absolute Gasteiger partial charge is 0.465 e. The second kappa shape index (κ2) is 7.28. The Labute approximate surface area is 142 Å². The molecule has 0 spiro atoms. The maximum absolute atomic E-state index is 11.9. The molecule has 0 N–H and O–H groups in total. The first kappa shape index (κ1) is 18.0. The van der Waals surface area contributed by atoms with E-state index in [2.05, 4.69) is 58.7 Å². The van der Waals surface area contributed by atoms with Crippen LogP contribution in [0, 0.1) is 0 Å². The molecule has 0 heterocycles. The molecule has 0 aliphatic rings. The van der Waals surface area contributed by atoms with Gasteiger partial charge in [-0.2, -0.15) is 0 Å². The van der Waals surface area contributed by atoms with E-state index >= 15 is 0 Å². The Hall–Kier alpha value is -1.06. The summed E-state index contributed by atoms with van der Waals surface area (Å²) in [6.07, 6.45) is 0. The molecule has 0 unspecified atom stereocenters. The predicted octanol–water partition coefficient (Wildman–Crippen LogP) is 2.86. The number of halogens is 2. The lowest BCUT2D eigenvalue weighted by atomic mass is 10.0. The van der Waals surface area contributed by atoms with Gasteiger partial charge in [-0.1, -0.05) is 0 Å². The Morgan fingerprint density at radius 1 is 0.762 bits per heavy atom. The Morgan fingerprint density at radius 2 is 1.05 bits per heavy atom. The third-order valence-electron chi connectivity index (χ3n) is 2.52. The van der Waals surface area contributed by atoms with Gasteiger partial charge in [0.1, 0.15) is 0 Å². The number of carbonyl (C=O) groups is 3. The van der Waals surface area contributed by atoms with Crippen molar-refractivity contribution in [3.63, 3.8) is 0 Å². The lowest BCUT2D eigenvalue weighted by Gasteiger charge is -2.16. The van der Waals surface area contributed by atoms with Crippen molar-refractivity contribution >= 4 is 62.4 Å². The third-order valence-corrected chi connectivity index (χ3v) is 4.55. The molecule has 114 valence electrons. The number of carbonyl (C=O) groups excluding carboxylic acids is 3. The number of benzene rings is 1. The highest BCUT2D eigenvalue weighted by molar-refractivity contribution is 9.11. The lowest BCUT2D eigenvalue weighted by Crippen LogP contribution is -2.16. The molecular weight excluding hydrogens is 432 g/mol. The zero-order chi connectivity index (χ0) is 16.3.